The minimum Gasteiger partial charge on any atom is -0.370 e. The molecule has 1 aromatic carbocycles. The first-order valence-corrected chi connectivity index (χ1v) is 5.84. The van der Waals surface area contributed by atoms with Crippen LogP contribution >= 0.6 is 11.6 Å². The van der Waals surface area contributed by atoms with Gasteiger partial charge in [0.1, 0.15) is 0 Å². The maximum Gasteiger partial charge on any atom is 0.199 e. The van der Waals surface area contributed by atoms with Crippen molar-refractivity contribution in [2.75, 3.05) is 5.32 Å². The number of nitrogens with one attached hydrogen (secondary N) is 4. The normalized spacial score (nSPS) is 10.9. The van der Waals surface area contributed by atoms with E-state index in [1.165, 1.54) is 0 Å². The standard InChI is InChI=1S/C12H18ClN5/c1-12(2,3)8-6-7(13)4-5-9(8)17-11(16)18-10(14)15/h4-6H,1-3H3,(H6,14,15,16,17,18). The highest BCUT2D eigenvalue weighted by molar-refractivity contribution is 6.30. The summed E-state index contributed by atoms with van der Waals surface area (Å²) in [7, 11) is 0. The Bertz CT molecular complexity index is 476. The summed E-state index contributed by atoms with van der Waals surface area (Å²) < 4.78 is 0. The molecule has 0 aliphatic carbocycles. The van der Waals surface area contributed by atoms with E-state index in [0.717, 1.165) is 11.3 Å². The second-order valence-electron chi connectivity index (χ2n) is 4.98. The van der Waals surface area contributed by atoms with Crippen LogP contribution in [0.25, 0.3) is 0 Å². The number of anilines is 1. The molecule has 0 aromatic heterocycles. The van der Waals surface area contributed by atoms with Crippen LogP contribution in [-0.2, 0) is 5.41 Å². The van der Waals surface area contributed by atoms with Crippen molar-refractivity contribution in [1.29, 1.82) is 10.8 Å². The number of benzene rings is 1. The van der Waals surface area contributed by atoms with Gasteiger partial charge in [0.2, 0.25) is 0 Å². The van der Waals surface area contributed by atoms with E-state index in [-0.39, 0.29) is 17.3 Å². The molecule has 0 radical (unpaired) electrons. The van der Waals surface area contributed by atoms with Gasteiger partial charge in [-0.25, -0.2) is 0 Å². The molecule has 0 saturated carbocycles. The number of halogens is 1. The van der Waals surface area contributed by atoms with Crippen LogP contribution in [0.3, 0.4) is 0 Å². The van der Waals surface area contributed by atoms with Gasteiger partial charge in [-0.05, 0) is 29.2 Å². The van der Waals surface area contributed by atoms with E-state index < -0.39 is 0 Å². The molecule has 6 N–H and O–H groups in total. The topological polar surface area (TPSA) is 97.8 Å². The first-order valence-electron chi connectivity index (χ1n) is 5.47. The van der Waals surface area contributed by atoms with E-state index in [4.69, 9.17) is 28.2 Å². The first kappa shape index (κ1) is 14.3. The van der Waals surface area contributed by atoms with E-state index in [1.807, 2.05) is 6.07 Å². The van der Waals surface area contributed by atoms with E-state index in [1.54, 1.807) is 12.1 Å². The largest absolute Gasteiger partial charge is 0.370 e. The Morgan fingerprint density at radius 3 is 2.39 bits per heavy atom. The fraction of sp³-hybridized carbons (Fsp3) is 0.333. The minimum atomic E-state index is -0.279. The van der Waals surface area contributed by atoms with Crippen molar-refractivity contribution in [3.05, 3.63) is 28.8 Å². The molecule has 0 atom stereocenters. The zero-order valence-corrected chi connectivity index (χ0v) is 11.4. The fourth-order valence-electron chi connectivity index (χ4n) is 1.55. The van der Waals surface area contributed by atoms with Crippen LogP contribution in [0.2, 0.25) is 5.02 Å². The number of rotatable bonds is 1. The third-order valence-corrected chi connectivity index (χ3v) is 2.54. The Kier molecular flexibility index (Phi) is 4.19. The van der Waals surface area contributed by atoms with E-state index >= 15 is 0 Å². The molecule has 6 heteroatoms. The van der Waals surface area contributed by atoms with Gasteiger partial charge in [0, 0.05) is 10.7 Å². The van der Waals surface area contributed by atoms with Crippen LogP contribution in [0.1, 0.15) is 26.3 Å². The quantitative estimate of drug-likeness (QED) is 0.399. The highest BCUT2D eigenvalue weighted by Gasteiger charge is 2.19. The molecule has 0 aliphatic heterocycles. The molecular formula is C12H18ClN5. The Morgan fingerprint density at radius 2 is 1.89 bits per heavy atom. The molecular weight excluding hydrogens is 250 g/mol. The maximum absolute atomic E-state index is 7.64. The molecule has 0 spiro atoms. The lowest BCUT2D eigenvalue weighted by Crippen LogP contribution is -2.39. The molecule has 0 heterocycles. The zero-order valence-electron chi connectivity index (χ0n) is 10.7. The van der Waals surface area contributed by atoms with Gasteiger partial charge in [0.25, 0.3) is 0 Å². The molecule has 0 bridgehead atoms. The van der Waals surface area contributed by atoms with E-state index in [2.05, 4.69) is 31.4 Å². The molecule has 0 aliphatic rings. The highest BCUT2D eigenvalue weighted by atomic mass is 35.5. The molecule has 0 unspecified atom stereocenters. The summed E-state index contributed by atoms with van der Waals surface area (Å²) in [5.41, 5.74) is 6.82. The lowest BCUT2D eigenvalue weighted by atomic mass is 9.86. The summed E-state index contributed by atoms with van der Waals surface area (Å²) in [6.07, 6.45) is 0. The number of hydrogen-bond acceptors (Lipinski definition) is 2. The Morgan fingerprint density at radius 1 is 1.28 bits per heavy atom. The third kappa shape index (κ3) is 3.92. The van der Waals surface area contributed by atoms with Crippen molar-refractivity contribution < 1.29 is 0 Å². The SMILES string of the molecule is CC(C)(C)c1cc(Cl)ccc1NC(=N)NC(=N)N. The van der Waals surface area contributed by atoms with Crippen LogP contribution < -0.4 is 16.4 Å². The van der Waals surface area contributed by atoms with Crippen LogP contribution in [0.15, 0.2) is 18.2 Å². The molecule has 18 heavy (non-hydrogen) atoms. The van der Waals surface area contributed by atoms with Crippen molar-refractivity contribution in [3.63, 3.8) is 0 Å². The predicted molar refractivity (Wildman–Crippen MR) is 76.6 cm³/mol. The van der Waals surface area contributed by atoms with Crippen molar-refractivity contribution in [1.82, 2.24) is 5.32 Å². The molecule has 0 saturated heterocycles. The molecule has 98 valence electrons. The third-order valence-electron chi connectivity index (χ3n) is 2.31. The van der Waals surface area contributed by atoms with Gasteiger partial charge < -0.3 is 11.1 Å². The smallest absolute Gasteiger partial charge is 0.199 e. The monoisotopic (exact) mass is 267 g/mol. The molecule has 5 nitrogen and oxygen atoms in total. The maximum atomic E-state index is 7.64. The molecule has 0 amide bonds. The van der Waals surface area contributed by atoms with Crippen LogP contribution in [0.5, 0.6) is 0 Å². The lowest BCUT2D eigenvalue weighted by molar-refractivity contribution is 0.592. The lowest BCUT2D eigenvalue weighted by Gasteiger charge is -2.24. The van der Waals surface area contributed by atoms with Gasteiger partial charge in [-0.15, -0.1) is 0 Å². The van der Waals surface area contributed by atoms with Crippen molar-refractivity contribution in [2.24, 2.45) is 5.73 Å². The predicted octanol–water partition coefficient (Wildman–Crippen LogP) is 2.47. The van der Waals surface area contributed by atoms with Crippen LogP contribution in [0, 0.1) is 10.8 Å². The summed E-state index contributed by atoms with van der Waals surface area (Å²) in [5.74, 6) is -0.325. The Labute approximate surface area is 112 Å². The Balaban J connectivity index is 3.02. The first-order chi connectivity index (χ1) is 8.20. The summed E-state index contributed by atoms with van der Waals surface area (Å²) in [4.78, 5) is 0. The number of nitrogens with two attached hydrogens (primary N) is 1. The number of guanidine groups is 2. The minimum absolute atomic E-state index is 0.0460. The molecule has 1 aromatic rings. The summed E-state index contributed by atoms with van der Waals surface area (Å²) in [6.45, 7) is 6.18. The van der Waals surface area contributed by atoms with Gasteiger partial charge in [-0.2, -0.15) is 0 Å². The second kappa shape index (κ2) is 5.27. The fourth-order valence-corrected chi connectivity index (χ4v) is 1.72. The van der Waals surface area contributed by atoms with Crippen molar-refractivity contribution in [3.8, 4) is 0 Å². The zero-order chi connectivity index (χ0) is 13.9. The van der Waals surface area contributed by atoms with Crippen LogP contribution in [-0.4, -0.2) is 11.9 Å². The van der Waals surface area contributed by atoms with Crippen LogP contribution in [0.4, 0.5) is 5.69 Å². The van der Waals surface area contributed by atoms with E-state index in [0.29, 0.717) is 5.02 Å². The summed E-state index contributed by atoms with van der Waals surface area (Å²) in [5, 5.41) is 20.6. The van der Waals surface area contributed by atoms with Gasteiger partial charge in [0.05, 0.1) is 0 Å². The summed E-state index contributed by atoms with van der Waals surface area (Å²) >= 11 is 5.99. The van der Waals surface area contributed by atoms with E-state index in [9.17, 15) is 0 Å². The van der Waals surface area contributed by atoms with Gasteiger partial charge >= 0.3 is 0 Å². The van der Waals surface area contributed by atoms with Gasteiger partial charge in [0.15, 0.2) is 11.9 Å². The molecule has 1 rings (SSSR count). The highest BCUT2D eigenvalue weighted by Crippen LogP contribution is 2.31. The molecule has 0 fully saturated rings. The average molecular weight is 268 g/mol. The van der Waals surface area contributed by atoms with Crippen molar-refractivity contribution >= 4 is 29.2 Å². The average Bonchev–Trinajstić information content (AvgIpc) is 2.17. The Hall–Kier alpha value is -1.75. The van der Waals surface area contributed by atoms with Crippen molar-refractivity contribution in [2.45, 2.75) is 26.2 Å². The van der Waals surface area contributed by atoms with Gasteiger partial charge in [-0.3, -0.25) is 16.1 Å². The summed E-state index contributed by atoms with van der Waals surface area (Å²) in [6, 6.07) is 5.42. The van der Waals surface area contributed by atoms with Gasteiger partial charge in [-0.1, -0.05) is 32.4 Å². The number of hydrogen-bond donors (Lipinski definition) is 5. The second-order valence-corrected chi connectivity index (χ2v) is 5.42.